The number of halogens is 2. The van der Waals surface area contributed by atoms with E-state index in [-0.39, 0.29) is 11.3 Å². The molecule has 7 nitrogen and oxygen atoms in total. The van der Waals surface area contributed by atoms with E-state index in [4.69, 9.17) is 28.2 Å². The van der Waals surface area contributed by atoms with Crippen molar-refractivity contribution >= 4 is 44.9 Å². The standard InChI is InChI=1S/C33H29Cl2N3O4S/c1-20(2)23-5-4-6-24(16-23)22-9-7-21(8-10-22)15-32-36-31(27-13-11-25(34)17-29(27)35)19-38(32)26-12-14-28(33(39)40)30(18-26)37-43(3,41)42/h4-14,16-20,37H,15H2,1-3H3,(H,39,40). The molecule has 0 saturated heterocycles. The van der Waals surface area contributed by atoms with Crippen molar-refractivity contribution in [1.82, 2.24) is 9.55 Å². The molecule has 0 aliphatic carbocycles. The second-order valence-electron chi connectivity index (χ2n) is 10.6. The van der Waals surface area contributed by atoms with Gasteiger partial charge in [-0.3, -0.25) is 4.72 Å². The molecule has 0 unspecified atom stereocenters. The van der Waals surface area contributed by atoms with Crippen molar-refractivity contribution in [3.8, 4) is 28.1 Å². The lowest BCUT2D eigenvalue weighted by Gasteiger charge is -2.13. The number of hydrogen-bond donors (Lipinski definition) is 2. The van der Waals surface area contributed by atoms with Crippen LogP contribution in [0.1, 0.15) is 47.1 Å². The number of sulfonamides is 1. The highest BCUT2D eigenvalue weighted by Gasteiger charge is 2.19. The van der Waals surface area contributed by atoms with Crippen LogP contribution in [0.5, 0.6) is 0 Å². The third kappa shape index (κ3) is 7.10. The molecule has 43 heavy (non-hydrogen) atoms. The first-order chi connectivity index (χ1) is 20.4. The van der Waals surface area contributed by atoms with Crippen molar-refractivity contribution in [2.75, 3.05) is 11.0 Å². The number of carboxylic acids is 1. The van der Waals surface area contributed by atoms with E-state index in [9.17, 15) is 18.3 Å². The molecule has 5 rings (SSSR count). The van der Waals surface area contributed by atoms with Gasteiger partial charge in [0.15, 0.2) is 0 Å². The largest absolute Gasteiger partial charge is 0.478 e. The van der Waals surface area contributed by atoms with Crippen LogP contribution in [0.25, 0.3) is 28.1 Å². The maximum Gasteiger partial charge on any atom is 0.337 e. The summed E-state index contributed by atoms with van der Waals surface area (Å²) >= 11 is 12.6. The van der Waals surface area contributed by atoms with Gasteiger partial charge in [0.2, 0.25) is 10.0 Å². The average Bonchev–Trinajstić information content (AvgIpc) is 3.35. The van der Waals surface area contributed by atoms with Gasteiger partial charge in [-0.05, 0) is 64.6 Å². The Bertz CT molecular complexity index is 1930. The van der Waals surface area contributed by atoms with Gasteiger partial charge in [-0.2, -0.15) is 0 Å². The number of benzene rings is 4. The quantitative estimate of drug-likeness (QED) is 0.170. The van der Waals surface area contributed by atoms with Crippen LogP contribution in [0.3, 0.4) is 0 Å². The Balaban J connectivity index is 1.57. The summed E-state index contributed by atoms with van der Waals surface area (Å²) in [7, 11) is -3.74. The topological polar surface area (TPSA) is 101 Å². The summed E-state index contributed by atoms with van der Waals surface area (Å²) in [5.41, 5.74) is 6.07. The molecule has 1 heterocycles. The molecule has 4 aromatic carbocycles. The minimum atomic E-state index is -3.74. The molecule has 220 valence electrons. The molecular formula is C33H29Cl2N3O4S. The molecule has 0 saturated carbocycles. The maximum atomic E-state index is 12.0. The number of rotatable bonds is 9. The van der Waals surface area contributed by atoms with E-state index in [1.165, 1.54) is 17.7 Å². The van der Waals surface area contributed by atoms with Gasteiger partial charge < -0.3 is 9.67 Å². The molecule has 2 N–H and O–H groups in total. The molecule has 0 radical (unpaired) electrons. The van der Waals surface area contributed by atoms with Gasteiger partial charge in [0.25, 0.3) is 0 Å². The lowest BCUT2D eigenvalue weighted by Crippen LogP contribution is -2.14. The van der Waals surface area contributed by atoms with Crippen molar-refractivity contribution in [1.29, 1.82) is 0 Å². The SMILES string of the molecule is CC(C)c1cccc(-c2ccc(Cc3nc(-c4ccc(Cl)cc4Cl)cn3-c3ccc(C(=O)O)c(NS(C)(=O)=O)c3)cc2)c1. The van der Waals surface area contributed by atoms with Gasteiger partial charge in [-0.25, -0.2) is 18.2 Å². The maximum absolute atomic E-state index is 12.0. The summed E-state index contributed by atoms with van der Waals surface area (Å²) in [6.07, 6.45) is 3.20. The number of hydrogen-bond acceptors (Lipinski definition) is 4. The molecule has 0 aliphatic heterocycles. The van der Waals surface area contributed by atoms with Crippen LogP contribution in [0, 0.1) is 0 Å². The summed E-state index contributed by atoms with van der Waals surface area (Å²) in [5.74, 6) is -0.181. The third-order valence-corrected chi connectivity index (χ3v) is 8.13. The molecule has 0 fully saturated rings. The number of nitrogens with one attached hydrogen (secondary N) is 1. The van der Waals surface area contributed by atoms with Crippen molar-refractivity contribution in [3.05, 3.63) is 124 Å². The number of nitrogens with zero attached hydrogens (tertiary/aromatic N) is 2. The summed E-state index contributed by atoms with van der Waals surface area (Å²) in [6.45, 7) is 4.34. The van der Waals surface area contributed by atoms with Crippen LogP contribution in [0.4, 0.5) is 5.69 Å². The highest BCUT2D eigenvalue weighted by molar-refractivity contribution is 7.92. The van der Waals surface area contributed by atoms with Crippen LogP contribution in [0.15, 0.2) is 91.1 Å². The van der Waals surface area contributed by atoms with Gasteiger partial charge in [0.1, 0.15) is 5.82 Å². The van der Waals surface area contributed by atoms with E-state index in [1.807, 2.05) is 0 Å². The van der Waals surface area contributed by atoms with Crippen molar-refractivity contribution in [2.24, 2.45) is 0 Å². The fourth-order valence-electron chi connectivity index (χ4n) is 4.82. The average molecular weight is 635 g/mol. The van der Waals surface area contributed by atoms with Crippen LogP contribution in [-0.4, -0.2) is 35.3 Å². The summed E-state index contributed by atoms with van der Waals surface area (Å²) < 4.78 is 28.2. The van der Waals surface area contributed by atoms with Crippen LogP contribution in [-0.2, 0) is 16.4 Å². The Morgan fingerprint density at radius 1 is 0.953 bits per heavy atom. The van der Waals surface area contributed by atoms with Crippen LogP contribution in [0.2, 0.25) is 10.0 Å². The highest BCUT2D eigenvalue weighted by atomic mass is 35.5. The van der Waals surface area contributed by atoms with Gasteiger partial charge in [0, 0.05) is 28.9 Å². The Kier molecular flexibility index (Phi) is 8.64. The monoisotopic (exact) mass is 633 g/mol. The zero-order chi connectivity index (χ0) is 30.9. The number of imidazole rings is 1. The lowest BCUT2D eigenvalue weighted by atomic mass is 9.96. The molecular weight excluding hydrogens is 605 g/mol. The zero-order valence-electron chi connectivity index (χ0n) is 23.7. The first kappa shape index (κ1) is 30.4. The second-order valence-corrected chi connectivity index (χ2v) is 13.2. The molecule has 0 amide bonds. The van der Waals surface area contributed by atoms with E-state index >= 15 is 0 Å². The highest BCUT2D eigenvalue weighted by Crippen LogP contribution is 2.32. The van der Waals surface area contributed by atoms with Crippen molar-refractivity contribution < 1.29 is 18.3 Å². The predicted molar refractivity (Wildman–Crippen MR) is 173 cm³/mol. The Labute approximate surface area is 260 Å². The minimum absolute atomic E-state index is 0.0498. The normalized spacial score (nSPS) is 11.6. The second kappa shape index (κ2) is 12.2. The van der Waals surface area contributed by atoms with E-state index in [2.05, 4.69) is 67.1 Å². The number of aromatic nitrogens is 2. The van der Waals surface area contributed by atoms with Gasteiger partial charge in [0.05, 0.1) is 28.2 Å². The molecule has 0 spiro atoms. The Hall–Kier alpha value is -4.11. The fourth-order valence-corrected chi connectivity index (χ4v) is 5.90. The van der Waals surface area contributed by atoms with E-state index in [1.54, 1.807) is 35.0 Å². The van der Waals surface area contributed by atoms with Gasteiger partial charge in [-0.15, -0.1) is 0 Å². The number of carbonyl (C=O) groups is 1. The van der Waals surface area contributed by atoms with E-state index < -0.39 is 16.0 Å². The minimum Gasteiger partial charge on any atom is -0.478 e. The molecule has 5 aromatic rings. The van der Waals surface area contributed by atoms with Crippen LogP contribution < -0.4 is 4.72 Å². The Morgan fingerprint density at radius 2 is 1.70 bits per heavy atom. The van der Waals surface area contributed by atoms with Gasteiger partial charge in [-0.1, -0.05) is 85.6 Å². The number of carboxylic acid groups (broad SMARTS) is 1. The molecule has 1 aromatic heterocycles. The smallest absolute Gasteiger partial charge is 0.337 e. The molecule has 10 heteroatoms. The summed E-state index contributed by atoms with van der Waals surface area (Å²) in [6, 6.07) is 26.4. The van der Waals surface area contributed by atoms with Crippen LogP contribution >= 0.6 is 23.2 Å². The zero-order valence-corrected chi connectivity index (χ0v) is 26.0. The fraction of sp³-hybridized carbons (Fsp3) is 0.152. The predicted octanol–water partition coefficient (Wildman–Crippen LogP) is 8.30. The number of aromatic carboxylic acids is 1. The van der Waals surface area contributed by atoms with Crippen molar-refractivity contribution in [3.63, 3.8) is 0 Å². The van der Waals surface area contributed by atoms with Crippen molar-refractivity contribution in [2.45, 2.75) is 26.2 Å². The summed E-state index contributed by atoms with van der Waals surface area (Å²) in [4.78, 5) is 16.7. The lowest BCUT2D eigenvalue weighted by molar-refractivity contribution is 0.0698. The summed E-state index contributed by atoms with van der Waals surface area (Å²) in [5, 5.41) is 10.6. The third-order valence-electron chi connectivity index (χ3n) is 7.00. The number of anilines is 1. The van der Waals surface area contributed by atoms with E-state index in [0.717, 1.165) is 22.9 Å². The molecule has 0 aliphatic rings. The first-order valence-corrected chi connectivity index (χ1v) is 16.1. The molecule has 0 bridgehead atoms. The van der Waals surface area contributed by atoms with E-state index in [0.29, 0.717) is 45.2 Å². The molecule has 0 atom stereocenters. The first-order valence-electron chi connectivity index (χ1n) is 13.5. The Morgan fingerprint density at radius 3 is 2.35 bits per heavy atom. The van der Waals surface area contributed by atoms with Gasteiger partial charge >= 0.3 is 5.97 Å².